The molecule has 3 heteroatoms. The molecule has 0 atom stereocenters. The molecule has 6 aromatic carbocycles. The Morgan fingerprint density at radius 1 is 0.405 bits per heavy atom. The Balaban J connectivity index is -0.000000371. The third kappa shape index (κ3) is 29.7. The Labute approximate surface area is 262 Å². The summed E-state index contributed by atoms with van der Waals surface area (Å²) in [6, 6.07) is 61.6. The van der Waals surface area contributed by atoms with Crippen molar-refractivity contribution in [3.63, 3.8) is 0 Å². The molecule has 0 heterocycles. The van der Waals surface area contributed by atoms with E-state index in [9.17, 15) is 0 Å². The average Bonchev–Trinajstić information content (AvgIpc) is 3.73. The van der Waals surface area contributed by atoms with Crippen molar-refractivity contribution < 1.29 is 57.9 Å². The molecule has 1 nitrogen and oxygen atoms in total. The Morgan fingerprint density at radius 2 is 0.595 bits per heavy atom. The van der Waals surface area contributed by atoms with Crippen molar-refractivity contribution >= 4 is 0 Å². The molecule has 0 bridgehead atoms. The first-order valence-corrected chi connectivity index (χ1v) is 11.3. The maximum absolute atomic E-state index is 2.93. The molecule has 0 spiro atoms. The van der Waals surface area contributed by atoms with Crippen LogP contribution in [0.4, 0.5) is 0 Å². The van der Waals surface area contributed by atoms with Gasteiger partial charge in [0.15, 0.2) is 0 Å². The fourth-order valence-electron chi connectivity index (χ4n) is 2.22. The van der Waals surface area contributed by atoms with Gasteiger partial charge in [-0.3, -0.25) is 0 Å². The second-order valence-electron chi connectivity index (χ2n) is 7.00. The summed E-state index contributed by atoms with van der Waals surface area (Å²) in [4.78, 5) is 0. The predicted octanol–water partition coefficient (Wildman–Crippen LogP) is 8.38. The van der Waals surface area contributed by atoms with E-state index in [2.05, 4.69) is 26.0 Å². The molecule has 2 N–H and O–H groups in total. The molecule has 0 fully saturated rings. The third-order valence-corrected chi connectivity index (χ3v) is 3.99. The van der Waals surface area contributed by atoms with Gasteiger partial charge in [-0.05, 0) is 0 Å². The van der Waals surface area contributed by atoms with Crippen LogP contribution in [0.5, 0.6) is 0 Å². The second-order valence-corrected chi connectivity index (χ2v) is 7.00. The van der Waals surface area contributed by atoms with E-state index in [0.717, 1.165) is 0 Å². The zero-order valence-electron chi connectivity index (χ0n) is 21.7. The maximum Gasteiger partial charge on any atom is 3.00 e. The Bertz CT molecular complexity index is 823. The molecule has 2 radical (unpaired) electrons. The van der Waals surface area contributed by atoms with Crippen molar-refractivity contribution in [2.45, 2.75) is 13.8 Å². The Hall–Kier alpha value is -2.43. The van der Waals surface area contributed by atoms with Crippen LogP contribution in [0.1, 0.15) is 11.1 Å². The molecule has 0 amide bonds. The molecule has 0 aliphatic carbocycles. The topological polar surface area (TPSA) is 31.5 Å². The van der Waals surface area contributed by atoms with Crippen molar-refractivity contribution in [1.82, 2.24) is 0 Å². The van der Waals surface area contributed by atoms with Gasteiger partial charge in [-0.15, -0.1) is 0 Å². The van der Waals surface area contributed by atoms with Gasteiger partial charge in [-0.25, -0.2) is 48.5 Å². The van der Waals surface area contributed by atoms with E-state index < -0.39 is 0 Å². The monoisotopic (exact) mass is 640 g/mol. The Morgan fingerprint density at radius 3 is 0.676 bits per heavy atom. The van der Waals surface area contributed by atoms with E-state index in [0.29, 0.717) is 0 Å². The fourth-order valence-corrected chi connectivity index (χ4v) is 2.22. The van der Waals surface area contributed by atoms with Crippen molar-refractivity contribution in [3.8, 4) is 0 Å². The van der Waals surface area contributed by atoms with Crippen LogP contribution in [0, 0.1) is 26.0 Å². The van der Waals surface area contributed by atoms with E-state index in [-0.39, 0.29) is 57.9 Å². The van der Waals surface area contributed by atoms with Crippen LogP contribution in [0.2, 0.25) is 0 Å². The zero-order chi connectivity index (χ0) is 24.4. The molecular weight excluding hydrogens is 607 g/mol. The largest absolute Gasteiger partial charge is 3.00 e. The minimum Gasteiger partial charge on any atom is -0.412 e. The van der Waals surface area contributed by atoms with Gasteiger partial charge in [-0.1, -0.05) is 13.8 Å². The van der Waals surface area contributed by atoms with Crippen molar-refractivity contribution in [2.75, 3.05) is 0 Å². The van der Waals surface area contributed by atoms with E-state index in [1.807, 2.05) is 170 Å². The van der Waals surface area contributed by atoms with Crippen molar-refractivity contribution in [2.24, 2.45) is 0 Å². The van der Waals surface area contributed by atoms with E-state index in [1.165, 1.54) is 11.1 Å². The predicted molar refractivity (Wildman–Crippen MR) is 152 cm³/mol. The standard InChI is InChI=1S/2C7H7.4C5H5.H2O.2Zr/c2*1-7-5-3-2-4-6-7;4*1-2-4-5-3-1;;;/h2*3-6H,1H3;4*1-5H;1H2;;/q6*-1;;2*+3. The van der Waals surface area contributed by atoms with Crippen LogP contribution in [0.15, 0.2) is 170 Å². The number of hydrogen-bond acceptors (Lipinski definition) is 0. The van der Waals surface area contributed by atoms with Gasteiger partial charge in [0.05, 0.1) is 0 Å². The van der Waals surface area contributed by atoms with Gasteiger partial charge in [0.25, 0.3) is 0 Å². The summed E-state index contributed by atoms with van der Waals surface area (Å²) in [5.74, 6) is 0. The molecule has 186 valence electrons. The van der Waals surface area contributed by atoms with Crippen LogP contribution < -0.4 is 0 Å². The number of benzene rings is 2. The molecule has 0 aliphatic heterocycles. The molecular formula is C34H36OZr2. The molecule has 0 saturated heterocycles. The summed E-state index contributed by atoms with van der Waals surface area (Å²) in [6.07, 6.45) is 0. The normalized spacial score (nSPS) is 7.62. The van der Waals surface area contributed by atoms with E-state index >= 15 is 0 Å². The van der Waals surface area contributed by atoms with Gasteiger partial charge >= 0.3 is 52.4 Å². The summed E-state index contributed by atoms with van der Waals surface area (Å²) in [6.45, 7) is 4.13. The van der Waals surface area contributed by atoms with E-state index in [1.54, 1.807) is 0 Å². The summed E-state index contributed by atoms with van der Waals surface area (Å²) < 4.78 is 0. The second kappa shape index (κ2) is 31.6. The molecule has 0 aliphatic rings. The van der Waals surface area contributed by atoms with Crippen molar-refractivity contribution in [3.05, 3.63) is 193 Å². The summed E-state index contributed by atoms with van der Waals surface area (Å²) >= 11 is 0. The third-order valence-electron chi connectivity index (χ3n) is 3.99. The molecule has 37 heavy (non-hydrogen) atoms. The van der Waals surface area contributed by atoms with Gasteiger partial charge in [0, 0.05) is 0 Å². The minimum absolute atomic E-state index is 0. The van der Waals surface area contributed by atoms with Gasteiger partial charge in [0.1, 0.15) is 0 Å². The summed E-state index contributed by atoms with van der Waals surface area (Å²) in [7, 11) is 0. The van der Waals surface area contributed by atoms with Crippen LogP contribution in [0.25, 0.3) is 0 Å². The van der Waals surface area contributed by atoms with Gasteiger partial charge < -0.3 is 5.48 Å². The van der Waals surface area contributed by atoms with Gasteiger partial charge in [0.2, 0.25) is 0 Å². The summed E-state index contributed by atoms with van der Waals surface area (Å²) in [5.41, 5.74) is 2.58. The molecule has 0 aromatic heterocycles. The van der Waals surface area contributed by atoms with Crippen LogP contribution in [-0.4, -0.2) is 5.48 Å². The smallest absolute Gasteiger partial charge is 0.412 e. The SMILES string of the molecule is Cc1cc[c-]cc1.Cc1cc[c-]cc1.O.[Zr+3].[Zr+3].c1cc[cH-]c1.c1cc[cH-]c1.c1cc[cH-]c1.c1cc[cH-]c1. The first kappa shape index (κ1) is 39.1. The number of hydrogen-bond donors (Lipinski definition) is 0. The average molecular weight is 643 g/mol. The molecule has 0 saturated carbocycles. The van der Waals surface area contributed by atoms with Crippen molar-refractivity contribution in [1.29, 1.82) is 0 Å². The molecule has 6 rings (SSSR count). The molecule has 6 aromatic rings. The van der Waals surface area contributed by atoms with E-state index in [4.69, 9.17) is 0 Å². The fraction of sp³-hybridized carbons (Fsp3) is 0.0588. The number of rotatable bonds is 0. The van der Waals surface area contributed by atoms with Crippen LogP contribution in [0.3, 0.4) is 0 Å². The molecule has 0 unspecified atom stereocenters. The van der Waals surface area contributed by atoms with Crippen LogP contribution >= 0.6 is 0 Å². The van der Waals surface area contributed by atoms with Gasteiger partial charge in [-0.2, -0.15) is 145 Å². The Kier molecular flexibility index (Phi) is 33.4. The first-order chi connectivity index (χ1) is 16.8. The quantitative estimate of drug-likeness (QED) is 0.149. The first-order valence-electron chi connectivity index (χ1n) is 11.3. The zero-order valence-corrected chi connectivity index (χ0v) is 26.6. The van der Waals surface area contributed by atoms with Crippen LogP contribution in [-0.2, 0) is 52.4 Å². The maximum atomic E-state index is 2.93. The minimum atomic E-state index is 0. The number of aryl methyl sites for hydroxylation is 2. The summed E-state index contributed by atoms with van der Waals surface area (Å²) in [5, 5.41) is 0.